The molecule has 1 aliphatic heterocycles. The van der Waals surface area contributed by atoms with Gasteiger partial charge < -0.3 is 9.64 Å². The molecule has 164 valence electrons. The van der Waals surface area contributed by atoms with E-state index < -0.39 is 9.84 Å². The highest BCUT2D eigenvalue weighted by Crippen LogP contribution is 2.29. The van der Waals surface area contributed by atoms with Crippen LogP contribution in [-0.2, 0) is 25.8 Å². The highest BCUT2D eigenvalue weighted by Gasteiger charge is 2.24. The molecule has 0 N–H and O–H groups in total. The summed E-state index contributed by atoms with van der Waals surface area (Å²) in [5.74, 6) is 0.364. The molecule has 7 heteroatoms. The van der Waals surface area contributed by atoms with Crippen LogP contribution in [0.5, 0.6) is 0 Å². The fourth-order valence-corrected chi connectivity index (χ4v) is 5.05. The van der Waals surface area contributed by atoms with Gasteiger partial charge in [0.2, 0.25) is 0 Å². The van der Waals surface area contributed by atoms with Crippen molar-refractivity contribution in [1.82, 2.24) is 0 Å². The SMILES string of the molecule is CC(C)S(=O)(=O)CCCCCC(=O)Cc1ccc(N2C[C@@H](C)O[C@@H](C)C2)c(Cl)c1. The normalized spacial score (nSPS) is 20.3. The third kappa shape index (κ3) is 7.58. The van der Waals surface area contributed by atoms with Gasteiger partial charge in [-0.2, -0.15) is 0 Å². The van der Waals surface area contributed by atoms with Crippen LogP contribution in [0, 0.1) is 0 Å². The van der Waals surface area contributed by atoms with Crippen molar-refractivity contribution in [2.45, 2.75) is 77.3 Å². The Hall–Kier alpha value is -1.11. The number of carbonyl (C=O) groups is 1. The molecule has 0 saturated carbocycles. The third-order valence-electron chi connectivity index (χ3n) is 5.28. The van der Waals surface area contributed by atoms with E-state index in [1.54, 1.807) is 13.8 Å². The number of hydrogen-bond donors (Lipinski definition) is 0. The Labute approximate surface area is 180 Å². The molecule has 1 aromatic carbocycles. The highest BCUT2D eigenvalue weighted by atomic mass is 35.5. The van der Waals surface area contributed by atoms with Crippen LogP contribution in [0.4, 0.5) is 5.69 Å². The van der Waals surface area contributed by atoms with Crippen molar-refractivity contribution < 1.29 is 17.9 Å². The van der Waals surface area contributed by atoms with Gasteiger partial charge in [-0.05, 0) is 58.2 Å². The lowest BCUT2D eigenvalue weighted by Crippen LogP contribution is -2.45. The number of morpholine rings is 1. The van der Waals surface area contributed by atoms with Crippen LogP contribution < -0.4 is 4.90 Å². The first-order chi connectivity index (χ1) is 13.6. The summed E-state index contributed by atoms with van der Waals surface area (Å²) >= 11 is 6.50. The molecule has 29 heavy (non-hydrogen) atoms. The van der Waals surface area contributed by atoms with Crippen molar-refractivity contribution in [3.05, 3.63) is 28.8 Å². The molecule has 2 rings (SSSR count). The number of unbranched alkanes of at least 4 members (excludes halogenated alkanes) is 2. The van der Waals surface area contributed by atoms with Gasteiger partial charge in [0, 0.05) is 25.9 Å². The zero-order valence-corrected chi connectivity index (χ0v) is 19.6. The Kier molecular flexibility index (Phi) is 8.98. The lowest BCUT2D eigenvalue weighted by Gasteiger charge is -2.37. The Balaban J connectivity index is 1.80. The zero-order chi connectivity index (χ0) is 21.6. The molecule has 1 aliphatic rings. The van der Waals surface area contributed by atoms with Gasteiger partial charge in [0.15, 0.2) is 9.84 Å². The van der Waals surface area contributed by atoms with E-state index in [1.807, 2.05) is 18.2 Å². The van der Waals surface area contributed by atoms with E-state index in [1.165, 1.54) is 0 Å². The number of nitrogens with zero attached hydrogens (tertiary/aromatic N) is 1. The molecular weight excluding hydrogens is 410 g/mol. The number of Topliss-reactive ketones (excluding diaryl/α,β-unsaturated/α-hetero) is 1. The Morgan fingerprint density at radius 2 is 1.83 bits per heavy atom. The van der Waals surface area contributed by atoms with Gasteiger partial charge in [-0.15, -0.1) is 0 Å². The third-order valence-corrected chi connectivity index (χ3v) is 7.87. The number of ether oxygens (including phenoxy) is 1. The van der Waals surface area contributed by atoms with E-state index in [0.717, 1.165) is 37.2 Å². The summed E-state index contributed by atoms with van der Waals surface area (Å²) in [5.41, 5.74) is 1.90. The lowest BCUT2D eigenvalue weighted by atomic mass is 10.0. The monoisotopic (exact) mass is 443 g/mol. The van der Waals surface area contributed by atoms with Crippen LogP contribution >= 0.6 is 11.6 Å². The standard InChI is InChI=1S/C22H34ClNO4S/c1-16(2)29(26,27)11-7-5-6-8-20(25)12-19-9-10-22(21(23)13-19)24-14-17(3)28-18(4)15-24/h9-10,13,16-18H,5-8,11-12,14-15H2,1-4H3/t17-,18+. The molecule has 0 amide bonds. The van der Waals surface area contributed by atoms with Crippen molar-refractivity contribution >= 4 is 32.9 Å². The minimum absolute atomic E-state index is 0.159. The maximum atomic E-state index is 12.3. The first-order valence-electron chi connectivity index (χ1n) is 10.5. The van der Waals surface area contributed by atoms with Crippen molar-refractivity contribution in [3.8, 4) is 0 Å². The van der Waals surface area contributed by atoms with Gasteiger partial charge in [-0.25, -0.2) is 8.42 Å². The molecule has 0 aromatic heterocycles. The zero-order valence-electron chi connectivity index (χ0n) is 18.0. The van der Waals surface area contributed by atoms with Gasteiger partial charge in [0.25, 0.3) is 0 Å². The maximum absolute atomic E-state index is 12.3. The van der Waals surface area contributed by atoms with Crippen LogP contribution in [0.1, 0.15) is 58.9 Å². The fourth-order valence-electron chi connectivity index (χ4n) is 3.65. The van der Waals surface area contributed by atoms with Gasteiger partial charge in [-0.3, -0.25) is 4.79 Å². The van der Waals surface area contributed by atoms with E-state index in [0.29, 0.717) is 24.3 Å². The fraction of sp³-hybridized carbons (Fsp3) is 0.682. The predicted molar refractivity (Wildman–Crippen MR) is 120 cm³/mol. The van der Waals surface area contributed by atoms with Gasteiger partial charge in [0.1, 0.15) is 5.78 Å². The molecule has 0 aliphatic carbocycles. The quantitative estimate of drug-likeness (QED) is 0.500. The molecule has 0 unspecified atom stereocenters. The summed E-state index contributed by atoms with van der Waals surface area (Å²) in [4.78, 5) is 14.5. The minimum atomic E-state index is -2.98. The Morgan fingerprint density at radius 3 is 2.41 bits per heavy atom. The summed E-state index contributed by atoms with van der Waals surface area (Å²) in [5, 5.41) is 0.330. The number of sulfone groups is 1. The van der Waals surface area contributed by atoms with Crippen LogP contribution in [-0.4, -0.2) is 50.5 Å². The molecule has 1 saturated heterocycles. The second kappa shape index (κ2) is 10.8. The van der Waals surface area contributed by atoms with Crippen LogP contribution in [0.25, 0.3) is 0 Å². The molecule has 1 heterocycles. The van der Waals surface area contributed by atoms with Crippen LogP contribution in [0.3, 0.4) is 0 Å². The molecule has 0 bridgehead atoms. The number of halogens is 1. The molecular formula is C22H34ClNO4S. The summed E-state index contributed by atoms with van der Waals surface area (Å²) in [7, 11) is -2.98. The Morgan fingerprint density at radius 1 is 1.17 bits per heavy atom. The summed E-state index contributed by atoms with van der Waals surface area (Å²) in [6.07, 6.45) is 3.25. The topological polar surface area (TPSA) is 63.7 Å². The van der Waals surface area contributed by atoms with E-state index >= 15 is 0 Å². The van der Waals surface area contributed by atoms with Crippen molar-refractivity contribution in [2.75, 3.05) is 23.7 Å². The summed E-state index contributed by atoms with van der Waals surface area (Å²) < 4.78 is 29.4. The smallest absolute Gasteiger partial charge is 0.152 e. The number of hydrogen-bond acceptors (Lipinski definition) is 5. The minimum Gasteiger partial charge on any atom is -0.372 e. The average molecular weight is 444 g/mol. The largest absolute Gasteiger partial charge is 0.372 e. The number of benzene rings is 1. The van der Waals surface area contributed by atoms with E-state index in [2.05, 4.69) is 18.7 Å². The summed E-state index contributed by atoms with van der Waals surface area (Å²) in [6, 6.07) is 5.85. The van der Waals surface area contributed by atoms with Gasteiger partial charge in [0.05, 0.1) is 33.9 Å². The predicted octanol–water partition coefficient (Wildman–Crippen LogP) is 4.45. The second-order valence-electron chi connectivity index (χ2n) is 8.39. The molecule has 0 spiro atoms. The number of anilines is 1. The van der Waals surface area contributed by atoms with E-state index in [-0.39, 0.29) is 29.0 Å². The lowest BCUT2D eigenvalue weighted by molar-refractivity contribution is -0.118. The molecule has 1 fully saturated rings. The van der Waals surface area contributed by atoms with Crippen molar-refractivity contribution in [1.29, 1.82) is 0 Å². The molecule has 1 aromatic rings. The highest BCUT2D eigenvalue weighted by molar-refractivity contribution is 7.91. The van der Waals surface area contributed by atoms with Gasteiger partial charge in [-0.1, -0.05) is 24.1 Å². The molecule has 2 atom stereocenters. The summed E-state index contributed by atoms with van der Waals surface area (Å²) in [6.45, 7) is 9.12. The van der Waals surface area contributed by atoms with Crippen LogP contribution in [0.2, 0.25) is 5.02 Å². The number of carbonyl (C=O) groups excluding carboxylic acids is 1. The molecule has 0 radical (unpaired) electrons. The maximum Gasteiger partial charge on any atom is 0.152 e. The van der Waals surface area contributed by atoms with E-state index in [9.17, 15) is 13.2 Å². The van der Waals surface area contributed by atoms with Crippen molar-refractivity contribution in [2.24, 2.45) is 0 Å². The average Bonchev–Trinajstić information content (AvgIpc) is 2.60. The van der Waals surface area contributed by atoms with Crippen LogP contribution in [0.15, 0.2) is 18.2 Å². The van der Waals surface area contributed by atoms with Crippen molar-refractivity contribution in [3.63, 3.8) is 0 Å². The first-order valence-corrected chi connectivity index (χ1v) is 12.6. The number of rotatable bonds is 10. The Bertz CT molecular complexity index is 784. The number of ketones is 1. The molecule has 5 nitrogen and oxygen atoms in total. The first kappa shape index (κ1) is 24.2. The van der Waals surface area contributed by atoms with Gasteiger partial charge >= 0.3 is 0 Å². The van der Waals surface area contributed by atoms with E-state index in [4.69, 9.17) is 16.3 Å². The second-order valence-corrected chi connectivity index (χ2v) is 11.5.